The quantitative estimate of drug-likeness (QED) is 0.321. The fourth-order valence-electron chi connectivity index (χ4n) is 0.472. The van der Waals surface area contributed by atoms with Gasteiger partial charge in [-0.25, -0.2) is 0 Å². The van der Waals surface area contributed by atoms with Gasteiger partial charge in [0.25, 0.3) is 5.24 Å². The van der Waals surface area contributed by atoms with Crippen LogP contribution < -0.4 is 0 Å². The minimum Gasteiger partial charge on any atom is -0.340 e. The molecule has 0 unspecified atom stereocenters. The molecule has 0 aromatic rings. The largest absolute Gasteiger partial charge is 0.340 e. The summed E-state index contributed by atoms with van der Waals surface area (Å²) in [4.78, 5) is 1.48. The average molecular weight is 135 g/mol. The second-order valence-electron chi connectivity index (χ2n) is 1.43. The van der Waals surface area contributed by atoms with E-state index in [9.17, 15) is 4.39 Å². The number of hydrogen-bond acceptors (Lipinski definition) is 1. The van der Waals surface area contributed by atoms with Crippen LogP contribution in [0.4, 0.5) is 4.39 Å². The van der Waals surface area contributed by atoms with Crippen LogP contribution in [0.1, 0.15) is 13.8 Å². The molecule has 48 valence electrons. The molecule has 0 aromatic carbocycles. The smallest absolute Gasteiger partial charge is 0.255 e. The van der Waals surface area contributed by atoms with Crippen molar-refractivity contribution in [3.8, 4) is 0 Å². The Balaban J connectivity index is 3.52. The van der Waals surface area contributed by atoms with Gasteiger partial charge in [-0.2, -0.15) is 4.39 Å². The number of rotatable bonds is 2. The molecule has 0 aliphatic rings. The lowest BCUT2D eigenvalue weighted by Gasteiger charge is -2.14. The summed E-state index contributed by atoms with van der Waals surface area (Å²) in [6.07, 6.45) is 0. The summed E-state index contributed by atoms with van der Waals surface area (Å²) < 4.78 is 12.0. The Labute approximate surface area is 54.5 Å². The van der Waals surface area contributed by atoms with Gasteiger partial charge in [-0.05, 0) is 26.1 Å². The molecule has 0 radical (unpaired) electrons. The van der Waals surface area contributed by atoms with Crippen molar-refractivity contribution in [3.05, 3.63) is 0 Å². The van der Waals surface area contributed by atoms with Gasteiger partial charge in [0.1, 0.15) is 0 Å². The lowest BCUT2D eigenvalue weighted by molar-refractivity contribution is 0.427. The number of nitrogens with zero attached hydrogens (tertiary/aromatic N) is 1. The first-order valence-corrected chi connectivity index (χ1v) is 3.07. The summed E-state index contributed by atoms with van der Waals surface area (Å²) >= 11 is 4.27. The maximum atomic E-state index is 12.0. The van der Waals surface area contributed by atoms with E-state index in [2.05, 4.69) is 12.2 Å². The molecule has 0 bridgehead atoms. The van der Waals surface area contributed by atoms with Crippen LogP contribution in [0.15, 0.2) is 0 Å². The Hall–Kier alpha value is -0.180. The first-order valence-electron chi connectivity index (χ1n) is 2.66. The molecule has 0 aliphatic heterocycles. The summed E-state index contributed by atoms with van der Waals surface area (Å²) in [6.45, 7) is 5.06. The van der Waals surface area contributed by atoms with E-state index in [0.717, 1.165) is 0 Å². The number of halogens is 1. The molecule has 0 amide bonds. The Morgan fingerprint density at radius 1 is 1.50 bits per heavy atom. The van der Waals surface area contributed by atoms with E-state index in [1.54, 1.807) is 0 Å². The zero-order valence-electron chi connectivity index (χ0n) is 5.15. The molecular weight excluding hydrogens is 125 g/mol. The zero-order chi connectivity index (χ0) is 6.57. The third-order valence-corrected chi connectivity index (χ3v) is 1.27. The van der Waals surface area contributed by atoms with Gasteiger partial charge in [-0.15, -0.1) is 0 Å². The molecule has 3 heteroatoms. The molecule has 0 aromatic heterocycles. The lowest BCUT2D eigenvalue weighted by atomic mass is 10.6. The topological polar surface area (TPSA) is 3.24 Å². The first kappa shape index (κ1) is 7.82. The molecule has 0 heterocycles. The predicted octanol–water partition coefficient (Wildman–Crippen LogP) is 1.58. The molecule has 8 heavy (non-hydrogen) atoms. The highest BCUT2D eigenvalue weighted by atomic mass is 32.1. The summed E-state index contributed by atoms with van der Waals surface area (Å²) in [5, 5.41) is -0.505. The Kier molecular flexibility index (Phi) is 3.69. The molecule has 0 aliphatic carbocycles. The maximum Gasteiger partial charge on any atom is 0.255 e. The van der Waals surface area contributed by atoms with Crippen molar-refractivity contribution in [1.29, 1.82) is 0 Å². The third-order valence-electron chi connectivity index (χ3n) is 1.01. The molecule has 0 N–H and O–H groups in total. The van der Waals surface area contributed by atoms with Gasteiger partial charge in [0.05, 0.1) is 0 Å². The van der Waals surface area contributed by atoms with E-state index in [1.807, 2.05) is 13.8 Å². The molecule has 0 rings (SSSR count). The minimum absolute atomic E-state index is 0.505. The summed E-state index contributed by atoms with van der Waals surface area (Å²) in [5.41, 5.74) is 0. The van der Waals surface area contributed by atoms with Crippen LogP contribution in [-0.4, -0.2) is 23.2 Å². The van der Waals surface area contributed by atoms with E-state index in [4.69, 9.17) is 0 Å². The van der Waals surface area contributed by atoms with Gasteiger partial charge < -0.3 is 4.90 Å². The highest BCUT2D eigenvalue weighted by Crippen LogP contribution is 1.90. The Morgan fingerprint density at radius 2 is 1.88 bits per heavy atom. The first-order chi connectivity index (χ1) is 3.72. The van der Waals surface area contributed by atoms with Crippen molar-refractivity contribution in [3.63, 3.8) is 0 Å². The van der Waals surface area contributed by atoms with Crippen LogP contribution in [-0.2, 0) is 0 Å². The predicted molar refractivity (Wildman–Crippen MR) is 36.6 cm³/mol. The highest BCUT2D eigenvalue weighted by molar-refractivity contribution is 7.79. The Bertz CT molecular complexity index is 80.5. The SMILES string of the molecule is CCN(CC)C(F)=S. The van der Waals surface area contributed by atoms with Gasteiger partial charge in [-0.1, -0.05) is 0 Å². The van der Waals surface area contributed by atoms with Crippen LogP contribution in [0.3, 0.4) is 0 Å². The van der Waals surface area contributed by atoms with Gasteiger partial charge in [0, 0.05) is 13.1 Å². The molecular formula is C5H10FNS. The van der Waals surface area contributed by atoms with Crippen molar-refractivity contribution in [2.24, 2.45) is 0 Å². The van der Waals surface area contributed by atoms with Crippen molar-refractivity contribution in [2.75, 3.05) is 13.1 Å². The summed E-state index contributed by atoms with van der Waals surface area (Å²) in [5.74, 6) is 0. The zero-order valence-corrected chi connectivity index (χ0v) is 5.96. The normalized spacial score (nSPS) is 8.88. The number of hydrogen-bond donors (Lipinski definition) is 0. The van der Waals surface area contributed by atoms with Gasteiger partial charge in [0.15, 0.2) is 0 Å². The van der Waals surface area contributed by atoms with E-state index < -0.39 is 5.24 Å². The Morgan fingerprint density at radius 3 is 1.88 bits per heavy atom. The van der Waals surface area contributed by atoms with Crippen molar-refractivity contribution in [2.45, 2.75) is 13.8 Å². The van der Waals surface area contributed by atoms with Crippen LogP contribution in [0, 0.1) is 0 Å². The molecule has 0 saturated heterocycles. The maximum absolute atomic E-state index is 12.0. The van der Waals surface area contributed by atoms with E-state index in [0.29, 0.717) is 13.1 Å². The summed E-state index contributed by atoms with van der Waals surface area (Å²) in [7, 11) is 0. The fraction of sp³-hybridized carbons (Fsp3) is 0.800. The molecule has 0 fully saturated rings. The standard InChI is InChI=1S/C5H10FNS/c1-3-7(4-2)5(6)8/h3-4H2,1-2H3. The van der Waals surface area contributed by atoms with Crippen LogP contribution in [0.2, 0.25) is 0 Å². The van der Waals surface area contributed by atoms with Gasteiger partial charge in [-0.3, -0.25) is 0 Å². The van der Waals surface area contributed by atoms with Gasteiger partial charge >= 0.3 is 0 Å². The highest BCUT2D eigenvalue weighted by Gasteiger charge is 1.99. The fourth-order valence-corrected chi connectivity index (χ4v) is 0.730. The van der Waals surface area contributed by atoms with E-state index >= 15 is 0 Å². The third kappa shape index (κ3) is 2.21. The van der Waals surface area contributed by atoms with E-state index in [1.165, 1.54) is 4.90 Å². The van der Waals surface area contributed by atoms with E-state index in [-0.39, 0.29) is 0 Å². The van der Waals surface area contributed by atoms with Crippen molar-refractivity contribution in [1.82, 2.24) is 4.90 Å². The molecule has 0 saturated carbocycles. The lowest BCUT2D eigenvalue weighted by Crippen LogP contribution is -2.25. The molecule has 0 spiro atoms. The number of thiocarbonyl (C=S) groups is 1. The second-order valence-corrected chi connectivity index (χ2v) is 1.76. The average Bonchev–Trinajstić information content (AvgIpc) is 1.69. The van der Waals surface area contributed by atoms with Crippen molar-refractivity contribution >= 4 is 17.5 Å². The molecule has 1 nitrogen and oxygen atoms in total. The van der Waals surface area contributed by atoms with Crippen LogP contribution >= 0.6 is 12.2 Å². The molecule has 0 atom stereocenters. The monoisotopic (exact) mass is 135 g/mol. The van der Waals surface area contributed by atoms with Crippen LogP contribution in [0.25, 0.3) is 0 Å². The van der Waals surface area contributed by atoms with Gasteiger partial charge in [0.2, 0.25) is 0 Å². The van der Waals surface area contributed by atoms with Crippen molar-refractivity contribution < 1.29 is 4.39 Å². The van der Waals surface area contributed by atoms with Crippen LogP contribution in [0.5, 0.6) is 0 Å². The minimum atomic E-state index is -0.505. The summed E-state index contributed by atoms with van der Waals surface area (Å²) in [6, 6.07) is 0. The second kappa shape index (κ2) is 3.78.